The lowest BCUT2D eigenvalue weighted by molar-refractivity contribution is 0.666. The summed E-state index contributed by atoms with van der Waals surface area (Å²) in [4.78, 5) is 2.47. The van der Waals surface area contributed by atoms with Crippen molar-refractivity contribution in [3.63, 3.8) is 0 Å². The Morgan fingerprint density at radius 3 is 1.37 bits per heavy atom. The van der Waals surface area contributed by atoms with E-state index in [1.165, 1.54) is 88.7 Å². The normalized spacial score (nSPS) is 14.4. The fraction of sp³-hybridized carbons (Fsp3) is 0.0714. The molecule has 57 heavy (non-hydrogen) atoms. The third-order valence-electron chi connectivity index (χ3n) is 13.2. The van der Waals surface area contributed by atoms with Crippen molar-refractivity contribution in [1.29, 1.82) is 0 Å². The lowest BCUT2D eigenvalue weighted by Crippen LogP contribution is -2.26. The first-order valence-corrected chi connectivity index (χ1v) is 20.1. The quantitative estimate of drug-likeness (QED) is 0.175. The van der Waals surface area contributed by atoms with Crippen LogP contribution in [0.3, 0.4) is 0 Å². The van der Waals surface area contributed by atoms with Crippen molar-refractivity contribution in [3.05, 3.63) is 234 Å². The van der Waals surface area contributed by atoms with Crippen molar-refractivity contribution < 1.29 is 0 Å². The summed E-state index contributed by atoms with van der Waals surface area (Å²) in [5.74, 6) is 0. The van der Waals surface area contributed by atoms with E-state index in [-0.39, 0.29) is 5.41 Å². The fourth-order valence-electron chi connectivity index (χ4n) is 10.9. The maximum Gasteiger partial charge on any atom is 0.0726 e. The first kappa shape index (κ1) is 32.3. The van der Waals surface area contributed by atoms with Gasteiger partial charge in [0, 0.05) is 22.5 Å². The van der Waals surface area contributed by atoms with Gasteiger partial charge in [0.15, 0.2) is 0 Å². The molecule has 9 aromatic carbocycles. The van der Waals surface area contributed by atoms with Crippen molar-refractivity contribution in [2.45, 2.75) is 24.7 Å². The Kier molecular flexibility index (Phi) is 6.67. The maximum atomic E-state index is 2.49. The highest BCUT2D eigenvalue weighted by Crippen LogP contribution is 2.63. The Hall–Kier alpha value is -6.96. The molecule has 0 N–H and O–H groups in total. The Morgan fingerprint density at radius 2 is 0.772 bits per heavy atom. The first-order chi connectivity index (χ1) is 28.0. The maximum absolute atomic E-state index is 2.49. The van der Waals surface area contributed by atoms with Crippen LogP contribution in [0.2, 0.25) is 0 Å². The van der Waals surface area contributed by atoms with Gasteiger partial charge in [-0.25, -0.2) is 0 Å². The molecule has 3 aliphatic rings. The van der Waals surface area contributed by atoms with Gasteiger partial charge < -0.3 is 4.90 Å². The van der Waals surface area contributed by atoms with Crippen LogP contribution in [0.15, 0.2) is 200 Å². The van der Waals surface area contributed by atoms with Gasteiger partial charge >= 0.3 is 0 Å². The summed E-state index contributed by atoms with van der Waals surface area (Å²) in [6, 6.07) is 74.8. The van der Waals surface area contributed by atoms with E-state index in [2.05, 4.69) is 219 Å². The largest absolute Gasteiger partial charge is 0.310 e. The minimum Gasteiger partial charge on any atom is -0.310 e. The van der Waals surface area contributed by atoms with E-state index < -0.39 is 5.41 Å². The van der Waals surface area contributed by atoms with Gasteiger partial charge in [0.1, 0.15) is 0 Å². The summed E-state index contributed by atoms with van der Waals surface area (Å²) in [5.41, 5.74) is 21.5. The van der Waals surface area contributed by atoms with E-state index in [4.69, 9.17) is 0 Å². The van der Waals surface area contributed by atoms with Crippen LogP contribution in [0.4, 0.5) is 17.1 Å². The van der Waals surface area contributed by atoms with Gasteiger partial charge in [-0.05, 0) is 131 Å². The molecule has 3 aliphatic carbocycles. The number of para-hydroxylation sites is 1. The van der Waals surface area contributed by atoms with Crippen molar-refractivity contribution in [3.8, 4) is 44.5 Å². The van der Waals surface area contributed by atoms with Crippen LogP contribution in [-0.4, -0.2) is 0 Å². The molecular weight excluding hydrogens is 687 g/mol. The molecule has 0 amide bonds. The monoisotopic (exact) mass is 725 g/mol. The van der Waals surface area contributed by atoms with E-state index >= 15 is 0 Å². The van der Waals surface area contributed by atoms with Crippen LogP contribution in [0.1, 0.15) is 47.2 Å². The van der Waals surface area contributed by atoms with Crippen LogP contribution in [-0.2, 0) is 10.8 Å². The lowest BCUT2D eigenvalue weighted by Gasteiger charge is -2.32. The molecule has 0 radical (unpaired) electrons. The molecule has 0 saturated heterocycles. The lowest BCUT2D eigenvalue weighted by atomic mass is 9.70. The summed E-state index contributed by atoms with van der Waals surface area (Å²) in [6.45, 7) is 4.82. The molecule has 268 valence electrons. The van der Waals surface area contributed by atoms with Gasteiger partial charge in [-0.1, -0.05) is 172 Å². The Morgan fingerprint density at radius 1 is 0.316 bits per heavy atom. The molecule has 0 fully saturated rings. The van der Waals surface area contributed by atoms with Crippen molar-refractivity contribution in [2.24, 2.45) is 0 Å². The SMILES string of the molecule is CC1(C)c2cc(N(c3ccccc3)c3ccc4c(c3)C3(c5ccccc5-c5ccccc53)c3ccccc3-4)ccc2-c2cc(-c3ccccc3)c3ccccc3c21. The molecule has 0 saturated carbocycles. The number of hydrogen-bond acceptors (Lipinski definition) is 1. The van der Waals surface area contributed by atoms with Crippen LogP contribution in [0.5, 0.6) is 0 Å². The zero-order chi connectivity index (χ0) is 37.9. The summed E-state index contributed by atoms with van der Waals surface area (Å²) in [5, 5.41) is 2.63. The van der Waals surface area contributed by atoms with Crippen molar-refractivity contribution in [1.82, 2.24) is 0 Å². The zero-order valence-corrected chi connectivity index (χ0v) is 32.0. The minimum atomic E-state index is -0.406. The Labute approximate surface area is 334 Å². The number of fused-ring (bicyclic) bond motifs is 15. The van der Waals surface area contributed by atoms with E-state index in [1.54, 1.807) is 0 Å². The minimum absolute atomic E-state index is 0.210. The third kappa shape index (κ3) is 4.29. The second-order valence-corrected chi connectivity index (χ2v) is 16.4. The van der Waals surface area contributed by atoms with Gasteiger partial charge in [-0.2, -0.15) is 0 Å². The fourth-order valence-corrected chi connectivity index (χ4v) is 10.9. The van der Waals surface area contributed by atoms with Gasteiger partial charge in [0.25, 0.3) is 0 Å². The number of anilines is 3. The van der Waals surface area contributed by atoms with Crippen LogP contribution >= 0.6 is 0 Å². The second kappa shape index (κ2) is 11.8. The molecule has 0 unspecified atom stereocenters. The highest BCUT2D eigenvalue weighted by atomic mass is 15.1. The van der Waals surface area contributed by atoms with Crippen LogP contribution in [0, 0.1) is 0 Å². The molecule has 0 bridgehead atoms. The Balaban J connectivity index is 1.08. The van der Waals surface area contributed by atoms with Gasteiger partial charge in [-0.3, -0.25) is 0 Å². The third-order valence-corrected chi connectivity index (χ3v) is 13.2. The molecule has 1 spiro atoms. The van der Waals surface area contributed by atoms with Crippen molar-refractivity contribution in [2.75, 3.05) is 4.90 Å². The average molecular weight is 726 g/mol. The molecule has 0 aliphatic heterocycles. The molecule has 9 aromatic rings. The Bertz CT molecular complexity index is 3030. The number of benzene rings is 9. The summed E-state index contributed by atoms with van der Waals surface area (Å²) in [7, 11) is 0. The molecule has 1 heteroatoms. The van der Waals surface area contributed by atoms with Crippen molar-refractivity contribution >= 4 is 27.8 Å². The molecule has 0 heterocycles. The molecular formula is C56H39N. The molecule has 0 atom stereocenters. The molecule has 0 aromatic heterocycles. The molecule has 1 nitrogen and oxygen atoms in total. The molecule has 12 rings (SSSR count). The standard InChI is InChI=1S/C56H39N/c1-55(2)52-33-38(30-32-45(52)48-35-47(36-17-5-3-6-18-36)40-21-9-10-25-46(40)54(48)55)57(37-19-7-4-8-20-37)39-29-31-44-43-24-13-16-28-51(43)56(53(44)34-39)49-26-14-11-22-41(49)42-23-12-15-27-50(42)56/h3-35H,1-2H3. The van der Waals surface area contributed by atoms with E-state index in [0.717, 1.165) is 17.1 Å². The zero-order valence-electron chi connectivity index (χ0n) is 32.0. The summed E-state index contributed by atoms with van der Waals surface area (Å²) < 4.78 is 0. The van der Waals surface area contributed by atoms with Gasteiger partial charge in [-0.15, -0.1) is 0 Å². The van der Waals surface area contributed by atoms with Crippen LogP contribution < -0.4 is 4.90 Å². The van der Waals surface area contributed by atoms with Gasteiger partial charge in [0.2, 0.25) is 0 Å². The predicted molar refractivity (Wildman–Crippen MR) is 238 cm³/mol. The van der Waals surface area contributed by atoms with E-state index in [1.807, 2.05) is 0 Å². The van der Waals surface area contributed by atoms with Crippen LogP contribution in [0.25, 0.3) is 55.3 Å². The first-order valence-electron chi connectivity index (χ1n) is 20.1. The highest BCUT2D eigenvalue weighted by molar-refractivity contribution is 6.06. The second-order valence-electron chi connectivity index (χ2n) is 16.4. The topological polar surface area (TPSA) is 3.24 Å². The van der Waals surface area contributed by atoms with E-state index in [9.17, 15) is 0 Å². The number of hydrogen-bond donors (Lipinski definition) is 0. The average Bonchev–Trinajstić information content (AvgIpc) is 3.82. The van der Waals surface area contributed by atoms with Gasteiger partial charge in [0.05, 0.1) is 5.41 Å². The number of rotatable bonds is 4. The highest BCUT2D eigenvalue weighted by Gasteiger charge is 2.51. The predicted octanol–water partition coefficient (Wildman–Crippen LogP) is 14.6. The number of nitrogens with zero attached hydrogens (tertiary/aromatic N) is 1. The summed E-state index contributed by atoms with van der Waals surface area (Å²) >= 11 is 0. The van der Waals surface area contributed by atoms with E-state index in [0.29, 0.717) is 0 Å². The summed E-state index contributed by atoms with van der Waals surface area (Å²) in [6.07, 6.45) is 0. The smallest absolute Gasteiger partial charge is 0.0726 e.